The van der Waals surface area contributed by atoms with Crippen molar-refractivity contribution in [1.29, 1.82) is 0 Å². The van der Waals surface area contributed by atoms with Gasteiger partial charge in [-0.15, -0.1) is 0 Å². The molecule has 0 fully saturated rings. The SMILES string of the molecule is CCSCCC(C)NS(=O)(=O)c1cccc(CO)c1C. The van der Waals surface area contributed by atoms with Crippen LogP contribution < -0.4 is 4.72 Å². The van der Waals surface area contributed by atoms with Gasteiger partial charge in [-0.05, 0) is 49.0 Å². The Hall–Kier alpha value is -0.560. The van der Waals surface area contributed by atoms with E-state index < -0.39 is 10.0 Å². The Labute approximate surface area is 126 Å². The second-order valence-corrected chi connectivity index (χ2v) is 7.78. The lowest BCUT2D eigenvalue weighted by Crippen LogP contribution is -2.33. The molecule has 1 aromatic rings. The van der Waals surface area contributed by atoms with Gasteiger partial charge in [0.25, 0.3) is 0 Å². The van der Waals surface area contributed by atoms with Gasteiger partial charge in [0.2, 0.25) is 10.0 Å². The molecular formula is C14H23NO3S2. The Morgan fingerprint density at radius 2 is 2.10 bits per heavy atom. The molecule has 1 aromatic carbocycles. The maximum absolute atomic E-state index is 12.4. The molecule has 0 heterocycles. The Balaban J connectivity index is 2.84. The molecule has 0 aromatic heterocycles. The van der Waals surface area contributed by atoms with Gasteiger partial charge in [-0.3, -0.25) is 0 Å². The van der Waals surface area contributed by atoms with E-state index in [0.29, 0.717) is 11.1 Å². The molecule has 0 aliphatic heterocycles. The molecule has 20 heavy (non-hydrogen) atoms. The second kappa shape index (κ2) is 8.02. The maximum Gasteiger partial charge on any atom is 0.241 e. The van der Waals surface area contributed by atoms with Crippen molar-refractivity contribution >= 4 is 21.8 Å². The van der Waals surface area contributed by atoms with E-state index in [2.05, 4.69) is 11.6 Å². The van der Waals surface area contributed by atoms with Crippen LogP contribution in [0.2, 0.25) is 0 Å². The number of nitrogens with one attached hydrogen (secondary N) is 1. The van der Waals surface area contributed by atoms with E-state index in [0.717, 1.165) is 17.9 Å². The van der Waals surface area contributed by atoms with Crippen LogP contribution in [0.25, 0.3) is 0 Å². The van der Waals surface area contributed by atoms with Gasteiger partial charge in [0, 0.05) is 6.04 Å². The molecule has 1 rings (SSSR count). The van der Waals surface area contributed by atoms with Crippen molar-refractivity contribution < 1.29 is 13.5 Å². The van der Waals surface area contributed by atoms with Gasteiger partial charge in [0.05, 0.1) is 11.5 Å². The smallest absolute Gasteiger partial charge is 0.241 e. The number of hydrogen-bond donors (Lipinski definition) is 2. The summed E-state index contributed by atoms with van der Waals surface area (Å²) in [5, 5.41) is 9.22. The highest BCUT2D eigenvalue weighted by molar-refractivity contribution is 7.99. The second-order valence-electron chi connectivity index (χ2n) is 4.71. The molecule has 0 saturated heterocycles. The van der Waals surface area contributed by atoms with E-state index in [1.807, 2.05) is 6.92 Å². The fourth-order valence-electron chi connectivity index (χ4n) is 1.91. The first-order valence-corrected chi connectivity index (χ1v) is 9.35. The average Bonchev–Trinajstić information content (AvgIpc) is 2.38. The largest absolute Gasteiger partial charge is 0.392 e. The van der Waals surface area contributed by atoms with Crippen molar-refractivity contribution in [2.45, 2.75) is 44.7 Å². The number of aliphatic hydroxyl groups is 1. The highest BCUT2D eigenvalue weighted by atomic mass is 32.2. The monoisotopic (exact) mass is 317 g/mol. The molecule has 0 amide bonds. The molecule has 2 N–H and O–H groups in total. The van der Waals surface area contributed by atoms with Gasteiger partial charge in [0.1, 0.15) is 0 Å². The van der Waals surface area contributed by atoms with Crippen molar-refractivity contribution in [3.8, 4) is 0 Å². The summed E-state index contributed by atoms with van der Waals surface area (Å²) >= 11 is 1.80. The Bertz CT molecular complexity index is 529. The fraction of sp³-hybridized carbons (Fsp3) is 0.571. The van der Waals surface area contributed by atoms with Crippen LogP contribution >= 0.6 is 11.8 Å². The third kappa shape index (κ3) is 4.77. The Morgan fingerprint density at radius 1 is 1.40 bits per heavy atom. The lowest BCUT2D eigenvalue weighted by molar-refractivity contribution is 0.280. The maximum atomic E-state index is 12.4. The first kappa shape index (κ1) is 17.5. The van der Waals surface area contributed by atoms with Crippen LogP contribution in [0.15, 0.2) is 23.1 Å². The van der Waals surface area contributed by atoms with Crippen LogP contribution in [-0.2, 0) is 16.6 Å². The first-order valence-electron chi connectivity index (χ1n) is 6.71. The fourth-order valence-corrected chi connectivity index (χ4v) is 4.29. The quantitative estimate of drug-likeness (QED) is 0.722. The zero-order valence-electron chi connectivity index (χ0n) is 12.2. The summed E-state index contributed by atoms with van der Waals surface area (Å²) in [4.78, 5) is 0.249. The van der Waals surface area contributed by atoms with E-state index >= 15 is 0 Å². The van der Waals surface area contributed by atoms with Gasteiger partial charge in [-0.1, -0.05) is 19.1 Å². The summed E-state index contributed by atoms with van der Waals surface area (Å²) < 4.78 is 27.4. The van der Waals surface area contributed by atoms with Crippen molar-refractivity contribution in [3.05, 3.63) is 29.3 Å². The number of sulfonamides is 1. The van der Waals surface area contributed by atoms with E-state index in [1.165, 1.54) is 0 Å². The predicted molar refractivity (Wildman–Crippen MR) is 84.5 cm³/mol. The number of rotatable bonds is 8. The molecule has 4 nitrogen and oxygen atoms in total. The molecule has 0 aliphatic rings. The van der Waals surface area contributed by atoms with Gasteiger partial charge < -0.3 is 5.11 Å². The standard InChI is InChI=1S/C14H23NO3S2/c1-4-19-9-8-11(2)15-20(17,18)14-7-5-6-13(10-16)12(14)3/h5-7,11,15-16H,4,8-10H2,1-3H3. The van der Waals surface area contributed by atoms with E-state index in [4.69, 9.17) is 0 Å². The van der Waals surface area contributed by atoms with Gasteiger partial charge in [0.15, 0.2) is 0 Å². The molecule has 0 bridgehead atoms. The highest BCUT2D eigenvalue weighted by Crippen LogP contribution is 2.19. The number of benzene rings is 1. The summed E-state index contributed by atoms with van der Waals surface area (Å²) in [7, 11) is -3.53. The zero-order chi connectivity index (χ0) is 15.2. The Kier molecular flexibility index (Phi) is 7.02. The molecule has 0 saturated carbocycles. The molecule has 0 aliphatic carbocycles. The van der Waals surface area contributed by atoms with Crippen molar-refractivity contribution in [2.24, 2.45) is 0 Å². The van der Waals surface area contributed by atoms with Crippen LogP contribution in [-0.4, -0.2) is 31.1 Å². The molecule has 0 spiro atoms. The number of hydrogen-bond acceptors (Lipinski definition) is 4. The van der Waals surface area contributed by atoms with Crippen LogP contribution in [0.3, 0.4) is 0 Å². The molecule has 114 valence electrons. The third-order valence-corrected chi connectivity index (χ3v) is 5.78. The minimum absolute atomic E-state index is 0.101. The number of thioether (sulfide) groups is 1. The van der Waals surface area contributed by atoms with Crippen LogP contribution in [0, 0.1) is 6.92 Å². The van der Waals surface area contributed by atoms with Crippen LogP contribution in [0.5, 0.6) is 0 Å². The average molecular weight is 317 g/mol. The summed E-state index contributed by atoms with van der Waals surface area (Å²) in [6.45, 7) is 5.53. The van der Waals surface area contributed by atoms with Crippen molar-refractivity contribution in [2.75, 3.05) is 11.5 Å². The molecule has 0 radical (unpaired) electrons. The molecular weight excluding hydrogens is 294 g/mol. The van der Waals surface area contributed by atoms with Crippen LogP contribution in [0.4, 0.5) is 0 Å². The predicted octanol–water partition coefficient (Wildman–Crippen LogP) is 2.30. The van der Waals surface area contributed by atoms with Crippen molar-refractivity contribution in [3.63, 3.8) is 0 Å². The lowest BCUT2D eigenvalue weighted by atomic mass is 10.1. The zero-order valence-corrected chi connectivity index (χ0v) is 13.9. The minimum Gasteiger partial charge on any atom is -0.392 e. The van der Waals surface area contributed by atoms with Gasteiger partial charge in [-0.2, -0.15) is 11.8 Å². The lowest BCUT2D eigenvalue weighted by Gasteiger charge is -2.16. The Morgan fingerprint density at radius 3 is 2.70 bits per heavy atom. The summed E-state index contributed by atoms with van der Waals surface area (Å²) in [6.07, 6.45) is 0.802. The summed E-state index contributed by atoms with van der Waals surface area (Å²) in [5.41, 5.74) is 1.25. The van der Waals surface area contributed by atoms with E-state index in [-0.39, 0.29) is 17.5 Å². The topological polar surface area (TPSA) is 66.4 Å². The van der Waals surface area contributed by atoms with Gasteiger partial charge in [-0.25, -0.2) is 13.1 Å². The molecule has 1 unspecified atom stereocenters. The minimum atomic E-state index is -3.53. The van der Waals surface area contributed by atoms with Crippen LogP contribution in [0.1, 0.15) is 31.4 Å². The summed E-state index contributed by atoms with van der Waals surface area (Å²) in [5.74, 6) is 1.98. The number of aliphatic hydroxyl groups excluding tert-OH is 1. The van der Waals surface area contributed by atoms with E-state index in [9.17, 15) is 13.5 Å². The highest BCUT2D eigenvalue weighted by Gasteiger charge is 2.20. The summed E-state index contributed by atoms with van der Waals surface area (Å²) in [6, 6.07) is 4.86. The molecule has 1 atom stereocenters. The normalized spacial score (nSPS) is 13.4. The van der Waals surface area contributed by atoms with Crippen molar-refractivity contribution in [1.82, 2.24) is 4.72 Å². The van der Waals surface area contributed by atoms with Gasteiger partial charge >= 0.3 is 0 Å². The van der Waals surface area contributed by atoms with E-state index in [1.54, 1.807) is 36.9 Å². The first-order chi connectivity index (χ1) is 9.42. The third-order valence-electron chi connectivity index (χ3n) is 3.11. The molecule has 6 heteroatoms.